The minimum Gasteiger partial charge on any atom is -0.489 e. The van der Waals surface area contributed by atoms with E-state index in [0.29, 0.717) is 38.5 Å². The van der Waals surface area contributed by atoms with Gasteiger partial charge in [0, 0.05) is 25.9 Å². The van der Waals surface area contributed by atoms with Gasteiger partial charge in [-0.25, -0.2) is 4.90 Å². The van der Waals surface area contributed by atoms with Crippen molar-refractivity contribution in [3.05, 3.63) is 108 Å². The van der Waals surface area contributed by atoms with E-state index in [1.165, 1.54) is 16.7 Å². The molecule has 186 valence electrons. The van der Waals surface area contributed by atoms with Crippen LogP contribution in [-0.2, 0) is 16.2 Å². The summed E-state index contributed by atoms with van der Waals surface area (Å²) >= 11 is 12.1. The van der Waals surface area contributed by atoms with E-state index in [0.717, 1.165) is 21.4 Å². The second-order valence-electron chi connectivity index (χ2n) is 8.69. The Morgan fingerprint density at radius 2 is 1.73 bits per heavy atom. The van der Waals surface area contributed by atoms with Gasteiger partial charge in [0.15, 0.2) is 0 Å². The van der Waals surface area contributed by atoms with Crippen molar-refractivity contribution in [2.45, 2.75) is 22.8 Å². The first kappa shape index (κ1) is 24.5. The van der Waals surface area contributed by atoms with Gasteiger partial charge in [-0.15, -0.1) is 0 Å². The van der Waals surface area contributed by atoms with E-state index in [1.54, 1.807) is 42.5 Å². The van der Waals surface area contributed by atoms with Gasteiger partial charge in [-0.3, -0.25) is 14.4 Å². The molecule has 1 saturated heterocycles. The summed E-state index contributed by atoms with van der Waals surface area (Å²) in [5, 5.41) is 0.386. The minimum absolute atomic E-state index is 0.235. The van der Waals surface area contributed by atoms with Crippen LogP contribution in [0.1, 0.15) is 21.9 Å². The molecule has 10 heteroatoms. The normalized spacial score (nSPS) is 20.6. The number of imide groups is 1. The van der Waals surface area contributed by atoms with Gasteiger partial charge < -0.3 is 9.72 Å². The smallest absolute Gasteiger partial charge is 0.305 e. The maximum Gasteiger partial charge on any atom is 0.305 e. The van der Waals surface area contributed by atoms with Crippen molar-refractivity contribution < 1.29 is 14.3 Å². The Morgan fingerprint density at radius 3 is 2.49 bits per heavy atom. The Bertz CT molecular complexity index is 1570. The van der Waals surface area contributed by atoms with Gasteiger partial charge in [0.1, 0.15) is 17.6 Å². The van der Waals surface area contributed by atoms with Gasteiger partial charge >= 0.3 is 4.87 Å². The molecule has 6 nitrogen and oxygen atoms in total. The van der Waals surface area contributed by atoms with Crippen molar-refractivity contribution >= 4 is 68.1 Å². The Balaban J connectivity index is 1.45. The number of hydrogen-bond donors (Lipinski definition) is 1. The van der Waals surface area contributed by atoms with Crippen LogP contribution in [0.5, 0.6) is 5.75 Å². The summed E-state index contributed by atoms with van der Waals surface area (Å²) in [5.74, 6) is -1.36. The predicted octanol–water partition coefficient (Wildman–Crippen LogP) is 6.23. The van der Waals surface area contributed by atoms with E-state index in [1.807, 2.05) is 30.3 Å². The lowest BCUT2D eigenvalue weighted by atomic mass is 9.82. The number of carbonyl (C=O) groups excluding carboxylic acids is 2. The molecule has 0 bridgehead atoms. The van der Waals surface area contributed by atoms with E-state index in [-0.39, 0.29) is 16.7 Å². The number of fused-ring (bicyclic) bond motifs is 2. The van der Waals surface area contributed by atoms with Gasteiger partial charge in [0.2, 0.25) is 11.8 Å². The fourth-order valence-corrected chi connectivity index (χ4v) is 7.78. The minimum atomic E-state index is -0.724. The first-order chi connectivity index (χ1) is 17.9. The highest BCUT2D eigenvalue weighted by molar-refractivity contribution is 9.10. The Kier molecular flexibility index (Phi) is 6.48. The second kappa shape index (κ2) is 9.79. The summed E-state index contributed by atoms with van der Waals surface area (Å²) in [5.41, 5.74) is 2.17. The summed E-state index contributed by atoms with van der Waals surface area (Å²) < 4.78 is 7.07. The zero-order valence-corrected chi connectivity index (χ0v) is 23.0. The summed E-state index contributed by atoms with van der Waals surface area (Å²) in [6.07, 6.45) is 0. The number of thioether (sulfide) groups is 1. The Hall–Kier alpha value is -2.85. The summed E-state index contributed by atoms with van der Waals surface area (Å²) in [6, 6.07) is 22.1. The third-order valence-corrected chi connectivity index (χ3v) is 9.62. The summed E-state index contributed by atoms with van der Waals surface area (Å²) in [6.45, 7) is 0.319. The number of halogens is 2. The predicted molar refractivity (Wildman–Crippen MR) is 149 cm³/mol. The van der Waals surface area contributed by atoms with Crippen LogP contribution in [0.15, 0.2) is 87.1 Å². The number of thiazole rings is 1. The average molecular weight is 614 g/mol. The molecule has 6 rings (SSSR count). The molecule has 0 radical (unpaired) electrons. The third-order valence-electron chi connectivity index (χ3n) is 6.45. The lowest BCUT2D eigenvalue weighted by Crippen LogP contribution is -2.32. The average Bonchev–Trinajstić information content (AvgIpc) is 3.39. The molecule has 0 spiro atoms. The largest absolute Gasteiger partial charge is 0.489 e. The second-order valence-corrected chi connectivity index (χ2v) is 12.2. The Morgan fingerprint density at radius 1 is 0.973 bits per heavy atom. The SMILES string of the molecule is O=C1C2Sc3[nH]c(=O)sc3[C@H](c3cc(Cl)ccc3OCc3ccccc3)C2C(=O)N1c1ccc(Br)cc1. The molecule has 2 unspecified atom stereocenters. The van der Waals surface area contributed by atoms with Crippen LogP contribution in [0, 0.1) is 5.92 Å². The number of benzene rings is 3. The number of carbonyl (C=O) groups is 2. The van der Waals surface area contributed by atoms with Gasteiger partial charge in [-0.05, 0) is 48.0 Å². The van der Waals surface area contributed by atoms with Crippen LogP contribution < -0.4 is 14.5 Å². The molecule has 3 heterocycles. The molecule has 2 aliphatic rings. The number of anilines is 1. The first-order valence-corrected chi connectivity index (χ1v) is 14.3. The highest BCUT2D eigenvalue weighted by atomic mass is 79.9. The fourth-order valence-electron chi connectivity index (χ4n) is 4.83. The zero-order chi connectivity index (χ0) is 25.7. The number of ether oxygens (including phenoxy) is 1. The van der Waals surface area contributed by atoms with E-state index in [2.05, 4.69) is 20.9 Å². The van der Waals surface area contributed by atoms with Gasteiger partial charge in [-0.1, -0.05) is 81.0 Å². The maximum absolute atomic E-state index is 13.9. The van der Waals surface area contributed by atoms with Crippen molar-refractivity contribution in [1.29, 1.82) is 0 Å². The number of hydrogen-bond acceptors (Lipinski definition) is 6. The lowest BCUT2D eigenvalue weighted by Gasteiger charge is -2.31. The van der Waals surface area contributed by atoms with Crippen molar-refractivity contribution in [2.24, 2.45) is 5.92 Å². The molecule has 37 heavy (non-hydrogen) atoms. The van der Waals surface area contributed by atoms with Crippen LogP contribution in [0.2, 0.25) is 5.02 Å². The molecule has 0 saturated carbocycles. The zero-order valence-electron chi connectivity index (χ0n) is 19.0. The van der Waals surface area contributed by atoms with E-state index < -0.39 is 17.1 Å². The van der Waals surface area contributed by atoms with Gasteiger partial charge in [-0.2, -0.15) is 0 Å². The Labute approximate surface area is 233 Å². The molecular weight excluding hydrogens is 596 g/mol. The molecule has 3 atom stereocenters. The van der Waals surface area contributed by atoms with Crippen LogP contribution >= 0.6 is 50.6 Å². The monoisotopic (exact) mass is 612 g/mol. The number of nitrogens with zero attached hydrogens (tertiary/aromatic N) is 1. The van der Waals surface area contributed by atoms with Crippen molar-refractivity contribution in [3.63, 3.8) is 0 Å². The number of nitrogens with one attached hydrogen (secondary N) is 1. The molecule has 2 aliphatic heterocycles. The van der Waals surface area contributed by atoms with Crippen molar-refractivity contribution in [3.8, 4) is 5.75 Å². The standard InChI is InChI=1S/C27H18BrClN2O4S2/c28-15-6-9-17(10-7-15)31-25(32)21-20(22-24(30-27(34)37-22)36-23(21)26(31)33)18-12-16(29)8-11-19(18)35-13-14-4-2-1-3-5-14/h1-12,20-21,23H,13H2,(H,30,34)/t20-,21?,23?/m1/s1. The third kappa shape index (κ3) is 4.44. The van der Waals surface area contributed by atoms with Crippen molar-refractivity contribution in [2.75, 3.05) is 4.90 Å². The topological polar surface area (TPSA) is 79.5 Å². The van der Waals surface area contributed by atoms with E-state index >= 15 is 0 Å². The van der Waals surface area contributed by atoms with E-state index in [9.17, 15) is 14.4 Å². The highest BCUT2D eigenvalue weighted by Gasteiger charge is 2.56. The van der Waals surface area contributed by atoms with Crippen LogP contribution in [0.4, 0.5) is 5.69 Å². The first-order valence-electron chi connectivity index (χ1n) is 11.4. The molecule has 0 aliphatic carbocycles. The fraction of sp³-hybridized carbons (Fsp3) is 0.148. The molecule has 1 fully saturated rings. The van der Waals surface area contributed by atoms with Gasteiger partial charge in [0.25, 0.3) is 0 Å². The van der Waals surface area contributed by atoms with E-state index in [4.69, 9.17) is 16.3 Å². The number of aromatic amines is 1. The number of rotatable bonds is 5. The highest BCUT2D eigenvalue weighted by Crippen LogP contribution is 2.54. The molecule has 4 aromatic rings. The van der Waals surface area contributed by atoms with Crippen LogP contribution in [0.3, 0.4) is 0 Å². The maximum atomic E-state index is 13.9. The molecular formula is C27H18BrClN2O4S2. The quantitative estimate of drug-likeness (QED) is 0.270. The lowest BCUT2D eigenvalue weighted by molar-refractivity contribution is -0.122. The molecule has 2 amide bonds. The molecule has 3 aromatic carbocycles. The number of amides is 2. The molecule has 1 N–H and O–H groups in total. The van der Waals surface area contributed by atoms with Crippen LogP contribution in [-0.4, -0.2) is 22.0 Å². The number of H-pyrrole nitrogens is 1. The number of aromatic nitrogens is 1. The van der Waals surface area contributed by atoms with Gasteiger partial charge in [0.05, 0.1) is 16.6 Å². The summed E-state index contributed by atoms with van der Waals surface area (Å²) in [4.78, 5) is 44.5. The van der Waals surface area contributed by atoms with Crippen molar-refractivity contribution in [1.82, 2.24) is 4.98 Å². The summed E-state index contributed by atoms with van der Waals surface area (Å²) in [7, 11) is 0. The van der Waals surface area contributed by atoms with Crippen LogP contribution in [0.25, 0.3) is 0 Å². The molecule has 1 aromatic heterocycles.